The molecule has 2 unspecified atom stereocenters. The van der Waals surface area contributed by atoms with Crippen LogP contribution in [-0.4, -0.2) is 59.6 Å². The van der Waals surface area contributed by atoms with Crippen LogP contribution in [0.3, 0.4) is 0 Å². The third-order valence-electron chi connectivity index (χ3n) is 6.69. The number of halogens is 2. The van der Waals surface area contributed by atoms with E-state index in [0.717, 1.165) is 27.2 Å². The third kappa shape index (κ3) is 5.13. The van der Waals surface area contributed by atoms with E-state index in [1.165, 1.54) is 0 Å². The number of amides is 2. The molecular weight excluding hydrogens is 458 g/mol. The van der Waals surface area contributed by atoms with E-state index in [-0.39, 0.29) is 18.9 Å². The molecule has 9 heteroatoms. The number of alkyl carbamates (subject to hydrolysis) is 1. The van der Waals surface area contributed by atoms with Crippen molar-refractivity contribution < 1.29 is 33.0 Å². The zero-order valence-corrected chi connectivity index (χ0v) is 19.4. The quantitative estimate of drug-likeness (QED) is 0.581. The lowest BCUT2D eigenvalue weighted by atomic mass is 9.98. The van der Waals surface area contributed by atoms with E-state index in [0.29, 0.717) is 12.8 Å². The molecule has 2 amide bonds. The van der Waals surface area contributed by atoms with Crippen molar-refractivity contribution in [3.63, 3.8) is 0 Å². The van der Waals surface area contributed by atoms with Crippen molar-refractivity contribution in [1.82, 2.24) is 10.2 Å². The molecule has 2 N–H and O–H groups in total. The summed E-state index contributed by atoms with van der Waals surface area (Å²) in [6.45, 7) is 0.504. The molecule has 4 rings (SSSR count). The van der Waals surface area contributed by atoms with Gasteiger partial charge in [-0.2, -0.15) is 0 Å². The van der Waals surface area contributed by atoms with Gasteiger partial charge >= 0.3 is 12.1 Å². The molecule has 1 heterocycles. The number of ether oxygens (including phenoxy) is 1. The Labute approximate surface area is 202 Å². The van der Waals surface area contributed by atoms with Crippen molar-refractivity contribution in [2.24, 2.45) is 5.92 Å². The Kier molecular flexibility index (Phi) is 7.05. The largest absolute Gasteiger partial charge is 0.481 e. The van der Waals surface area contributed by atoms with Crippen molar-refractivity contribution in [2.75, 3.05) is 19.7 Å². The minimum absolute atomic E-state index is 0.112. The Balaban J connectivity index is 1.36. The van der Waals surface area contributed by atoms with Gasteiger partial charge in [-0.05, 0) is 28.7 Å². The molecule has 7 nitrogen and oxygen atoms in total. The summed E-state index contributed by atoms with van der Waals surface area (Å²) < 4.78 is 33.5. The average Bonchev–Trinajstić information content (AvgIpc) is 3.32. The molecule has 0 radical (unpaired) electrons. The maximum absolute atomic E-state index is 14.0. The number of nitrogens with zero attached hydrogens (tertiary/aromatic N) is 1. The van der Waals surface area contributed by atoms with Crippen LogP contribution in [0.15, 0.2) is 48.5 Å². The lowest BCUT2D eigenvalue weighted by Gasteiger charge is -2.22. The number of nitrogens with one attached hydrogen (secondary N) is 1. The molecule has 2 aromatic rings. The number of aliphatic carboxylic acids is 1. The number of rotatable bonds is 8. The van der Waals surface area contributed by atoms with Crippen molar-refractivity contribution >= 4 is 18.0 Å². The first-order valence-electron chi connectivity index (χ1n) is 11.7. The van der Waals surface area contributed by atoms with E-state index in [1.54, 1.807) is 0 Å². The Morgan fingerprint density at radius 2 is 1.71 bits per heavy atom. The first kappa shape index (κ1) is 24.6. The molecule has 186 valence electrons. The number of fused-ring (bicyclic) bond motifs is 3. The second-order valence-corrected chi connectivity index (χ2v) is 9.09. The number of benzene rings is 2. The SMILES string of the molecule is CCCC(CC(=O)N1CC(C(=O)O)C(F)(F)C1)NC(=O)OCC1c2ccccc2-c2ccccc21. The highest BCUT2D eigenvalue weighted by Gasteiger charge is 2.53. The first-order valence-corrected chi connectivity index (χ1v) is 11.7. The summed E-state index contributed by atoms with van der Waals surface area (Å²) in [6.07, 6.45) is 0.201. The molecule has 1 fully saturated rings. The maximum atomic E-state index is 14.0. The van der Waals surface area contributed by atoms with E-state index in [2.05, 4.69) is 5.32 Å². The van der Waals surface area contributed by atoms with Gasteiger partial charge in [0.05, 0.1) is 6.54 Å². The van der Waals surface area contributed by atoms with Crippen LogP contribution in [0.1, 0.15) is 43.2 Å². The lowest BCUT2D eigenvalue weighted by Crippen LogP contribution is -2.41. The second-order valence-electron chi connectivity index (χ2n) is 9.09. The van der Waals surface area contributed by atoms with E-state index in [1.807, 2.05) is 55.5 Å². The van der Waals surface area contributed by atoms with Gasteiger partial charge in [0, 0.05) is 24.9 Å². The predicted molar refractivity (Wildman–Crippen MR) is 124 cm³/mol. The molecule has 1 aliphatic heterocycles. The minimum atomic E-state index is -3.48. The van der Waals surface area contributed by atoms with Crippen LogP contribution in [0.2, 0.25) is 0 Å². The molecule has 35 heavy (non-hydrogen) atoms. The highest BCUT2D eigenvalue weighted by atomic mass is 19.3. The summed E-state index contributed by atoms with van der Waals surface area (Å²) in [4.78, 5) is 37.2. The van der Waals surface area contributed by atoms with Crippen LogP contribution in [0.5, 0.6) is 0 Å². The summed E-state index contributed by atoms with van der Waals surface area (Å²) in [5, 5.41) is 11.7. The summed E-state index contributed by atoms with van der Waals surface area (Å²) in [7, 11) is 0. The Bertz CT molecular complexity index is 1080. The van der Waals surface area contributed by atoms with Crippen LogP contribution in [-0.2, 0) is 14.3 Å². The molecule has 1 saturated heterocycles. The zero-order chi connectivity index (χ0) is 25.2. The molecule has 0 bridgehead atoms. The molecule has 2 atom stereocenters. The first-order chi connectivity index (χ1) is 16.7. The normalized spacial score (nSPS) is 19.1. The van der Waals surface area contributed by atoms with Gasteiger partial charge in [0.15, 0.2) is 0 Å². The van der Waals surface area contributed by atoms with Crippen LogP contribution in [0.25, 0.3) is 11.1 Å². The van der Waals surface area contributed by atoms with Crippen LogP contribution in [0, 0.1) is 5.92 Å². The molecule has 0 aromatic heterocycles. The number of carbonyl (C=O) groups is 3. The number of hydrogen-bond donors (Lipinski definition) is 2. The summed E-state index contributed by atoms with van der Waals surface area (Å²) in [5.74, 6) is -7.77. The zero-order valence-electron chi connectivity index (χ0n) is 19.4. The smallest absolute Gasteiger partial charge is 0.407 e. The van der Waals surface area contributed by atoms with Gasteiger partial charge in [0.2, 0.25) is 5.91 Å². The molecule has 0 spiro atoms. The van der Waals surface area contributed by atoms with Gasteiger partial charge in [0.1, 0.15) is 12.5 Å². The molecule has 2 aromatic carbocycles. The van der Waals surface area contributed by atoms with Crippen molar-refractivity contribution in [3.05, 3.63) is 59.7 Å². The van der Waals surface area contributed by atoms with Gasteiger partial charge in [-0.25, -0.2) is 13.6 Å². The monoisotopic (exact) mass is 486 g/mol. The number of likely N-dealkylation sites (tertiary alicyclic amines) is 1. The minimum Gasteiger partial charge on any atom is -0.481 e. The Hall–Kier alpha value is -3.49. The fourth-order valence-electron chi connectivity index (χ4n) is 4.95. The van der Waals surface area contributed by atoms with E-state index >= 15 is 0 Å². The van der Waals surface area contributed by atoms with Crippen molar-refractivity contribution in [3.8, 4) is 11.1 Å². The van der Waals surface area contributed by atoms with Crippen molar-refractivity contribution in [2.45, 2.75) is 44.1 Å². The Morgan fingerprint density at radius 3 is 2.26 bits per heavy atom. The molecule has 1 aliphatic carbocycles. The third-order valence-corrected chi connectivity index (χ3v) is 6.69. The fourth-order valence-corrected chi connectivity index (χ4v) is 4.95. The number of hydrogen-bond acceptors (Lipinski definition) is 4. The van der Waals surface area contributed by atoms with Crippen molar-refractivity contribution in [1.29, 1.82) is 0 Å². The van der Waals surface area contributed by atoms with Gasteiger partial charge in [0.25, 0.3) is 5.92 Å². The standard InChI is InChI=1S/C26H28F2N2O5/c1-2-7-16(12-23(31)30-13-22(24(32)33)26(27,28)15-30)29-25(34)35-14-21-19-10-5-3-8-17(19)18-9-4-6-11-20(18)21/h3-6,8-11,16,21-22H,2,7,12-15H2,1H3,(H,29,34)(H,32,33). The van der Waals surface area contributed by atoms with E-state index in [4.69, 9.17) is 9.84 Å². The van der Waals surface area contributed by atoms with Gasteiger partial charge in [-0.1, -0.05) is 61.9 Å². The Morgan fingerprint density at radius 1 is 1.11 bits per heavy atom. The highest BCUT2D eigenvalue weighted by Crippen LogP contribution is 2.44. The predicted octanol–water partition coefficient (Wildman–Crippen LogP) is 4.26. The summed E-state index contributed by atoms with van der Waals surface area (Å²) >= 11 is 0. The van der Waals surface area contributed by atoms with Crippen LogP contribution >= 0.6 is 0 Å². The van der Waals surface area contributed by atoms with E-state index in [9.17, 15) is 23.2 Å². The molecule has 2 aliphatic rings. The fraction of sp³-hybridized carbons (Fsp3) is 0.423. The number of carboxylic acid groups (broad SMARTS) is 1. The van der Waals surface area contributed by atoms with Gasteiger partial charge in [-0.15, -0.1) is 0 Å². The van der Waals surface area contributed by atoms with E-state index < -0.39 is 48.9 Å². The molecule has 0 saturated carbocycles. The van der Waals surface area contributed by atoms with Gasteiger partial charge < -0.3 is 20.1 Å². The second kappa shape index (κ2) is 10.0. The van der Waals surface area contributed by atoms with Crippen LogP contribution < -0.4 is 5.32 Å². The topological polar surface area (TPSA) is 95.9 Å². The number of carboxylic acids is 1. The number of alkyl halides is 2. The summed E-state index contributed by atoms with van der Waals surface area (Å²) in [5.41, 5.74) is 4.36. The maximum Gasteiger partial charge on any atom is 0.407 e. The highest BCUT2D eigenvalue weighted by molar-refractivity contribution is 5.81. The average molecular weight is 487 g/mol. The lowest BCUT2D eigenvalue weighted by molar-refractivity contribution is -0.151. The van der Waals surface area contributed by atoms with Gasteiger partial charge in [-0.3, -0.25) is 9.59 Å². The summed E-state index contributed by atoms with van der Waals surface area (Å²) in [6, 6.07) is 15.3. The number of carbonyl (C=O) groups excluding carboxylic acids is 2. The van der Waals surface area contributed by atoms with Crippen LogP contribution in [0.4, 0.5) is 13.6 Å². The molecular formula is C26H28F2N2O5.